The third-order valence-electron chi connectivity index (χ3n) is 2.26. The van der Waals surface area contributed by atoms with Crippen molar-refractivity contribution in [2.75, 3.05) is 0 Å². The average molecular weight is 271 g/mol. The quantitative estimate of drug-likeness (QED) is 0.349. The number of nitro groups is 1. The van der Waals surface area contributed by atoms with E-state index in [1.54, 1.807) is 6.07 Å². The second kappa shape index (κ2) is 4.92. The minimum atomic E-state index is -0.528. The van der Waals surface area contributed by atoms with Gasteiger partial charge in [0, 0.05) is 6.07 Å². The van der Waals surface area contributed by atoms with Crippen LogP contribution in [0, 0.1) is 10.1 Å². The summed E-state index contributed by atoms with van der Waals surface area (Å²) in [5.74, 6) is 0. The van der Waals surface area contributed by atoms with Gasteiger partial charge in [-0.2, -0.15) is 4.99 Å². The molecule has 0 saturated carbocycles. The first kappa shape index (κ1) is 13.8. The van der Waals surface area contributed by atoms with Crippen molar-refractivity contribution in [3.8, 4) is 0 Å². The lowest BCUT2D eigenvalue weighted by atomic mass is 9.86. The standard InChI is InChI=1S/C11H11ClN2O2S/c1-11(2,3)7-4-8(13-6-17)10(12)9(5-7)14(15)16/h4-5H,1-3H3. The zero-order valence-electron chi connectivity index (χ0n) is 9.65. The molecule has 0 saturated heterocycles. The van der Waals surface area contributed by atoms with E-state index in [0.29, 0.717) is 0 Å². The summed E-state index contributed by atoms with van der Waals surface area (Å²) in [5.41, 5.74) is 0.655. The van der Waals surface area contributed by atoms with E-state index in [2.05, 4.69) is 22.4 Å². The van der Waals surface area contributed by atoms with Gasteiger partial charge in [0.05, 0.1) is 15.8 Å². The molecule has 17 heavy (non-hydrogen) atoms. The fourth-order valence-electron chi connectivity index (χ4n) is 1.29. The van der Waals surface area contributed by atoms with Gasteiger partial charge in [-0.1, -0.05) is 32.4 Å². The molecule has 0 N–H and O–H groups in total. The number of halogens is 1. The van der Waals surface area contributed by atoms with Gasteiger partial charge < -0.3 is 0 Å². The molecule has 90 valence electrons. The molecule has 0 aromatic heterocycles. The minimum Gasteiger partial charge on any atom is -0.258 e. The van der Waals surface area contributed by atoms with E-state index < -0.39 is 4.92 Å². The highest BCUT2D eigenvalue weighted by Crippen LogP contribution is 2.38. The van der Waals surface area contributed by atoms with Crippen LogP contribution in [-0.4, -0.2) is 10.1 Å². The first-order chi connectivity index (χ1) is 7.77. The highest BCUT2D eigenvalue weighted by atomic mass is 35.5. The van der Waals surface area contributed by atoms with Crippen LogP contribution in [0.3, 0.4) is 0 Å². The lowest BCUT2D eigenvalue weighted by Gasteiger charge is -2.19. The largest absolute Gasteiger partial charge is 0.290 e. The molecule has 0 heterocycles. The van der Waals surface area contributed by atoms with Crippen molar-refractivity contribution < 1.29 is 4.92 Å². The van der Waals surface area contributed by atoms with Crippen LogP contribution in [0.15, 0.2) is 17.1 Å². The van der Waals surface area contributed by atoms with Crippen molar-refractivity contribution in [2.24, 2.45) is 4.99 Å². The predicted molar refractivity (Wildman–Crippen MR) is 71.5 cm³/mol. The van der Waals surface area contributed by atoms with E-state index in [1.807, 2.05) is 20.8 Å². The molecule has 1 aromatic rings. The van der Waals surface area contributed by atoms with Gasteiger partial charge in [-0.05, 0) is 29.3 Å². The van der Waals surface area contributed by atoms with Crippen molar-refractivity contribution in [2.45, 2.75) is 26.2 Å². The molecule has 4 nitrogen and oxygen atoms in total. The van der Waals surface area contributed by atoms with Crippen LogP contribution in [0.5, 0.6) is 0 Å². The van der Waals surface area contributed by atoms with E-state index in [1.165, 1.54) is 6.07 Å². The Morgan fingerprint density at radius 3 is 2.47 bits per heavy atom. The Morgan fingerprint density at radius 1 is 1.47 bits per heavy atom. The third-order valence-corrected chi connectivity index (χ3v) is 2.74. The molecule has 0 amide bonds. The van der Waals surface area contributed by atoms with Gasteiger partial charge in [-0.25, -0.2) is 0 Å². The SMILES string of the molecule is CC(C)(C)c1cc(N=C=S)c(Cl)c([N+](=O)[O-])c1. The highest BCUT2D eigenvalue weighted by Gasteiger charge is 2.23. The molecule has 0 spiro atoms. The first-order valence-electron chi connectivity index (χ1n) is 4.83. The summed E-state index contributed by atoms with van der Waals surface area (Å²) in [4.78, 5) is 14.1. The van der Waals surface area contributed by atoms with Crippen LogP contribution in [-0.2, 0) is 5.41 Å². The minimum absolute atomic E-state index is 0.0136. The van der Waals surface area contributed by atoms with Crippen molar-refractivity contribution in [3.63, 3.8) is 0 Å². The van der Waals surface area contributed by atoms with Crippen LogP contribution in [0.25, 0.3) is 0 Å². The zero-order chi connectivity index (χ0) is 13.2. The Hall–Kier alpha value is -1.29. The lowest BCUT2D eigenvalue weighted by molar-refractivity contribution is -0.384. The fraction of sp³-hybridized carbons (Fsp3) is 0.364. The molecule has 0 aliphatic heterocycles. The molecule has 0 aliphatic rings. The van der Waals surface area contributed by atoms with Gasteiger partial charge in [-0.3, -0.25) is 10.1 Å². The smallest absolute Gasteiger partial charge is 0.258 e. The summed E-state index contributed by atoms with van der Waals surface area (Å²) in [6.07, 6.45) is 0. The Balaban J connectivity index is 3.58. The molecular weight excluding hydrogens is 260 g/mol. The van der Waals surface area contributed by atoms with E-state index in [9.17, 15) is 10.1 Å². The number of thiocarbonyl (C=S) groups is 1. The van der Waals surface area contributed by atoms with Crippen molar-refractivity contribution >= 4 is 40.4 Å². The molecule has 0 bridgehead atoms. The maximum absolute atomic E-state index is 10.9. The average Bonchev–Trinajstić information content (AvgIpc) is 2.19. The number of hydrogen-bond acceptors (Lipinski definition) is 4. The molecule has 0 fully saturated rings. The molecule has 1 aromatic carbocycles. The van der Waals surface area contributed by atoms with Crippen LogP contribution in [0.1, 0.15) is 26.3 Å². The second-order valence-corrected chi connectivity index (χ2v) is 5.10. The molecule has 0 aliphatic carbocycles. The summed E-state index contributed by atoms with van der Waals surface area (Å²) >= 11 is 10.4. The monoisotopic (exact) mass is 270 g/mol. The van der Waals surface area contributed by atoms with Crippen LogP contribution in [0.4, 0.5) is 11.4 Å². The molecule has 1 rings (SSSR count). The van der Waals surface area contributed by atoms with E-state index in [-0.39, 0.29) is 21.8 Å². The number of nitrogens with zero attached hydrogens (tertiary/aromatic N) is 2. The Labute approximate surface area is 109 Å². The summed E-state index contributed by atoms with van der Waals surface area (Å²) in [7, 11) is 0. The Morgan fingerprint density at radius 2 is 2.06 bits per heavy atom. The summed E-state index contributed by atoms with van der Waals surface area (Å²) in [5, 5.41) is 13.0. The fourth-order valence-corrected chi connectivity index (χ4v) is 1.61. The van der Waals surface area contributed by atoms with Crippen LogP contribution in [0.2, 0.25) is 5.02 Å². The third kappa shape index (κ3) is 3.09. The highest BCUT2D eigenvalue weighted by molar-refractivity contribution is 7.78. The molecule has 0 radical (unpaired) electrons. The molecule has 0 unspecified atom stereocenters. The molecule has 6 heteroatoms. The number of rotatable bonds is 2. The molecule has 0 atom stereocenters. The number of isothiocyanates is 1. The number of aliphatic imine (C=N–C) groups is 1. The van der Waals surface area contributed by atoms with Gasteiger partial charge in [0.2, 0.25) is 0 Å². The normalized spacial score (nSPS) is 10.8. The number of hydrogen-bond donors (Lipinski definition) is 0. The van der Waals surface area contributed by atoms with Gasteiger partial charge >= 0.3 is 0 Å². The van der Waals surface area contributed by atoms with E-state index in [4.69, 9.17) is 11.6 Å². The van der Waals surface area contributed by atoms with Gasteiger partial charge in [0.15, 0.2) is 0 Å². The van der Waals surface area contributed by atoms with E-state index in [0.717, 1.165) is 5.56 Å². The number of nitro benzene ring substituents is 1. The van der Waals surface area contributed by atoms with Gasteiger partial charge in [0.1, 0.15) is 5.02 Å². The van der Waals surface area contributed by atoms with E-state index >= 15 is 0 Å². The van der Waals surface area contributed by atoms with Crippen molar-refractivity contribution in [1.82, 2.24) is 0 Å². The van der Waals surface area contributed by atoms with Crippen LogP contribution < -0.4 is 0 Å². The number of benzene rings is 1. The maximum Gasteiger partial charge on any atom is 0.290 e. The Kier molecular flexibility index (Phi) is 3.98. The first-order valence-corrected chi connectivity index (χ1v) is 5.62. The van der Waals surface area contributed by atoms with Gasteiger partial charge in [0.25, 0.3) is 5.69 Å². The summed E-state index contributed by atoms with van der Waals surface area (Å²) < 4.78 is 0. The Bertz CT molecular complexity index is 494. The maximum atomic E-state index is 10.9. The van der Waals surface area contributed by atoms with Crippen LogP contribution >= 0.6 is 23.8 Å². The molecular formula is C11H11ClN2O2S. The van der Waals surface area contributed by atoms with Crippen molar-refractivity contribution in [3.05, 3.63) is 32.8 Å². The second-order valence-electron chi connectivity index (χ2n) is 4.54. The topological polar surface area (TPSA) is 55.5 Å². The summed E-state index contributed by atoms with van der Waals surface area (Å²) in [6.45, 7) is 5.85. The summed E-state index contributed by atoms with van der Waals surface area (Å²) in [6, 6.07) is 3.15. The van der Waals surface area contributed by atoms with Gasteiger partial charge in [-0.15, -0.1) is 0 Å². The van der Waals surface area contributed by atoms with Crippen molar-refractivity contribution in [1.29, 1.82) is 0 Å². The predicted octanol–water partition coefficient (Wildman–Crippen LogP) is 4.28. The lowest BCUT2D eigenvalue weighted by Crippen LogP contribution is -2.11. The zero-order valence-corrected chi connectivity index (χ0v) is 11.2.